The van der Waals surface area contributed by atoms with Gasteiger partial charge in [0, 0.05) is 43.0 Å². The van der Waals surface area contributed by atoms with Crippen molar-refractivity contribution in [1.82, 2.24) is 34.8 Å². The van der Waals surface area contributed by atoms with Gasteiger partial charge >= 0.3 is 17.6 Å². The number of hydrogen-bond donors (Lipinski definition) is 4. The Morgan fingerprint density at radius 2 is 1.91 bits per heavy atom. The molecule has 0 saturated carbocycles. The molecule has 0 amide bonds. The molecule has 5 heterocycles. The minimum Gasteiger partial charge on any atom is -0.481 e. The summed E-state index contributed by atoms with van der Waals surface area (Å²) in [5.41, 5.74) is 13.6. The van der Waals surface area contributed by atoms with Gasteiger partial charge in [0.2, 0.25) is 0 Å². The predicted molar refractivity (Wildman–Crippen MR) is 162 cm³/mol. The second kappa shape index (κ2) is 11.6. The van der Waals surface area contributed by atoms with Crippen LogP contribution in [0, 0.1) is 5.92 Å². The van der Waals surface area contributed by atoms with Crippen molar-refractivity contribution in [1.29, 1.82) is 0 Å². The van der Waals surface area contributed by atoms with Gasteiger partial charge in [0.25, 0.3) is 0 Å². The molecule has 0 radical (unpaired) electrons. The normalized spacial score (nSPS) is 25.0. The van der Waals surface area contributed by atoms with Crippen molar-refractivity contribution in [3.05, 3.63) is 70.8 Å². The molecule has 1 aromatic carbocycles. The fourth-order valence-corrected chi connectivity index (χ4v) is 6.91. The molecular weight excluding hydrogens is 582 g/mol. The molecule has 45 heavy (non-hydrogen) atoms. The zero-order chi connectivity index (χ0) is 31.9. The van der Waals surface area contributed by atoms with Gasteiger partial charge in [-0.1, -0.05) is 12.1 Å². The highest BCUT2D eigenvalue weighted by atomic mass is 16.6. The fourth-order valence-electron chi connectivity index (χ4n) is 6.91. The maximum Gasteiger partial charge on any atom is 0.346 e. The Labute approximate surface area is 257 Å². The van der Waals surface area contributed by atoms with E-state index in [0.29, 0.717) is 34.5 Å². The number of aromatic amines is 2. The van der Waals surface area contributed by atoms with Gasteiger partial charge < -0.3 is 40.5 Å². The molecule has 234 valence electrons. The summed E-state index contributed by atoms with van der Waals surface area (Å²) in [5.74, 6) is 1.36. The number of piperidine rings is 1. The SMILES string of the molecule is CC(=O)Oc1ccc2c3c1O[C@H]1[C@@H](OC(C)=O)C=C[C@H]4[C@@H](C2)N(C)CC[C@@]341.Nc1cc[nH]c(=O)n1.Nc1ncnc2[nH]cnc12. The standard InChI is InChI=1S/C21H23NO5.C5H5N5.C4H5N3O/c1-11(23)25-16-6-4-13-10-15-14-5-7-17(26-12(2)24)20-21(14,8-9-22(15)3)18(13)19(16)27-20;6-4-3-5(9-1-7-3)10-2-8-4;5-3-1-2-6-4(8)7-3/h4-7,14-15,17,20H,8-10H2,1-3H3;1-2H,(H3,6,7,8,9,10);1-2H,(H3,5,6,7,8)/t14-,15+,17-,20-,21-;;/m0../s1. The molecule has 2 bridgehead atoms. The van der Waals surface area contributed by atoms with Crippen LogP contribution >= 0.6 is 0 Å². The highest BCUT2D eigenvalue weighted by Crippen LogP contribution is 2.62. The first kappa shape index (κ1) is 29.7. The summed E-state index contributed by atoms with van der Waals surface area (Å²) in [6.45, 7) is 3.77. The van der Waals surface area contributed by atoms with E-state index in [-0.39, 0.29) is 35.2 Å². The number of benzene rings is 1. The summed E-state index contributed by atoms with van der Waals surface area (Å²) in [7, 11) is 2.17. The molecule has 1 spiro atoms. The number of H-pyrrole nitrogens is 2. The molecule has 8 rings (SSSR count). The third kappa shape index (κ3) is 5.35. The predicted octanol–water partition coefficient (Wildman–Crippen LogP) is 1.28. The molecule has 3 aromatic heterocycles. The third-order valence-corrected chi connectivity index (χ3v) is 8.61. The van der Waals surface area contributed by atoms with Crippen LogP contribution in [0.1, 0.15) is 31.4 Å². The largest absolute Gasteiger partial charge is 0.481 e. The van der Waals surface area contributed by atoms with Crippen LogP contribution < -0.4 is 26.6 Å². The van der Waals surface area contributed by atoms with Crippen molar-refractivity contribution in [2.75, 3.05) is 25.1 Å². The first-order chi connectivity index (χ1) is 21.6. The van der Waals surface area contributed by atoms with Crippen LogP contribution in [-0.2, 0) is 26.2 Å². The number of rotatable bonds is 2. The van der Waals surface area contributed by atoms with Crippen molar-refractivity contribution in [2.24, 2.45) is 5.92 Å². The van der Waals surface area contributed by atoms with Crippen molar-refractivity contribution in [2.45, 2.75) is 50.4 Å². The zero-order valence-electron chi connectivity index (χ0n) is 24.9. The topological polar surface area (TPSA) is 217 Å². The highest BCUT2D eigenvalue weighted by molar-refractivity contribution is 5.80. The number of anilines is 2. The number of carbonyl (C=O) groups excluding carboxylic acids is 2. The highest BCUT2D eigenvalue weighted by Gasteiger charge is 2.65. The lowest BCUT2D eigenvalue weighted by Gasteiger charge is -2.56. The summed E-state index contributed by atoms with van der Waals surface area (Å²) < 4.78 is 17.5. The van der Waals surface area contributed by atoms with Crippen molar-refractivity contribution in [3.63, 3.8) is 0 Å². The Kier molecular flexibility index (Phi) is 7.70. The van der Waals surface area contributed by atoms with Crippen molar-refractivity contribution in [3.8, 4) is 11.5 Å². The number of aromatic nitrogens is 6. The molecule has 1 saturated heterocycles. The van der Waals surface area contributed by atoms with Crippen LogP contribution in [0.15, 0.2) is 54.0 Å². The lowest BCUT2D eigenvalue weighted by Crippen LogP contribution is -2.65. The van der Waals surface area contributed by atoms with E-state index in [1.165, 1.54) is 44.3 Å². The quantitative estimate of drug-likeness (QED) is 0.142. The smallest absolute Gasteiger partial charge is 0.346 e. The summed E-state index contributed by atoms with van der Waals surface area (Å²) in [4.78, 5) is 56.0. The number of hydrogen-bond acceptors (Lipinski definition) is 13. The second-order valence-electron chi connectivity index (χ2n) is 11.3. The number of nitrogens with two attached hydrogens (primary N) is 2. The van der Waals surface area contributed by atoms with Gasteiger partial charge in [0.15, 0.2) is 29.1 Å². The Morgan fingerprint density at radius 1 is 1.09 bits per heavy atom. The molecule has 15 nitrogen and oxygen atoms in total. The van der Waals surface area contributed by atoms with Crippen LogP contribution in [0.3, 0.4) is 0 Å². The number of carbonyl (C=O) groups is 2. The monoisotopic (exact) mass is 615 g/mol. The molecule has 2 aliphatic heterocycles. The van der Waals surface area contributed by atoms with Crippen LogP contribution in [0.2, 0.25) is 0 Å². The number of nitrogen functional groups attached to an aromatic ring is 2. The minimum absolute atomic E-state index is 0.244. The number of likely N-dealkylation sites (tertiary alicyclic amines) is 1. The molecule has 4 aliphatic rings. The van der Waals surface area contributed by atoms with E-state index in [4.69, 9.17) is 25.7 Å². The Balaban J connectivity index is 0.000000161. The van der Waals surface area contributed by atoms with E-state index in [2.05, 4.69) is 54.0 Å². The second-order valence-corrected chi connectivity index (χ2v) is 11.3. The molecule has 1 fully saturated rings. The maximum atomic E-state index is 11.7. The average Bonchev–Trinajstić information content (AvgIpc) is 3.61. The number of fused-ring (bicyclic) bond motifs is 1. The molecule has 2 aliphatic carbocycles. The number of nitrogens with one attached hydrogen (secondary N) is 2. The first-order valence-electron chi connectivity index (χ1n) is 14.4. The molecule has 15 heteroatoms. The van der Waals surface area contributed by atoms with E-state index in [0.717, 1.165) is 24.9 Å². The van der Waals surface area contributed by atoms with Crippen LogP contribution in [0.4, 0.5) is 11.6 Å². The van der Waals surface area contributed by atoms with Crippen LogP contribution in [-0.4, -0.2) is 78.6 Å². The van der Waals surface area contributed by atoms with Gasteiger partial charge in [0.1, 0.15) is 23.8 Å². The summed E-state index contributed by atoms with van der Waals surface area (Å²) in [6.07, 6.45) is 9.69. The van der Waals surface area contributed by atoms with Gasteiger partial charge in [0.05, 0.1) is 6.33 Å². The number of ether oxygens (including phenoxy) is 3. The van der Waals surface area contributed by atoms with Gasteiger partial charge in [-0.3, -0.25) is 9.59 Å². The molecular formula is C30H33N9O6. The summed E-state index contributed by atoms with van der Waals surface area (Å²) in [6, 6.07) is 5.79. The van der Waals surface area contributed by atoms with Gasteiger partial charge in [-0.25, -0.2) is 19.7 Å². The lowest BCUT2D eigenvalue weighted by molar-refractivity contribution is -0.152. The lowest BCUT2D eigenvalue weighted by atomic mass is 9.53. The maximum absolute atomic E-state index is 11.7. The number of imidazole rings is 1. The average molecular weight is 616 g/mol. The van der Waals surface area contributed by atoms with Crippen LogP contribution in [0.5, 0.6) is 11.5 Å². The third-order valence-electron chi connectivity index (χ3n) is 8.61. The zero-order valence-corrected chi connectivity index (χ0v) is 24.9. The van der Waals surface area contributed by atoms with Gasteiger partial charge in [-0.15, -0.1) is 0 Å². The van der Waals surface area contributed by atoms with E-state index >= 15 is 0 Å². The van der Waals surface area contributed by atoms with Crippen molar-refractivity contribution >= 4 is 34.7 Å². The number of esters is 2. The van der Waals surface area contributed by atoms with E-state index < -0.39 is 11.8 Å². The molecule has 6 N–H and O–H groups in total. The Bertz CT molecular complexity index is 1850. The fraction of sp³-hybridized carbons (Fsp3) is 0.367. The molecule has 4 aromatic rings. The van der Waals surface area contributed by atoms with Crippen molar-refractivity contribution < 1.29 is 23.8 Å². The van der Waals surface area contributed by atoms with Gasteiger partial charge in [-0.05, 0) is 50.2 Å². The minimum atomic E-state index is -0.439. The Hall–Kier alpha value is -5.31. The Morgan fingerprint density at radius 3 is 2.60 bits per heavy atom. The number of likely N-dealkylation sites (N-methyl/N-ethyl adjacent to an activating group) is 1. The summed E-state index contributed by atoms with van der Waals surface area (Å²) in [5, 5.41) is 0. The number of nitrogens with zero attached hydrogens (tertiary/aromatic N) is 5. The van der Waals surface area contributed by atoms with E-state index in [1.54, 1.807) is 0 Å². The molecule has 5 atom stereocenters. The van der Waals surface area contributed by atoms with E-state index in [1.807, 2.05) is 12.1 Å². The first-order valence-corrected chi connectivity index (χ1v) is 14.4. The molecule has 0 unspecified atom stereocenters. The van der Waals surface area contributed by atoms with E-state index in [9.17, 15) is 14.4 Å². The summed E-state index contributed by atoms with van der Waals surface area (Å²) >= 11 is 0. The van der Waals surface area contributed by atoms with Crippen LogP contribution in [0.25, 0.3) is 11.2 Å². The van der Waals surface area contributed by atoms with Gasteiger partial charge in [-0.2, -0.15) is 4.98 Å².